The Kier molecular flexibility index (Phi) is 2.99. The topological polar surface area (TPSA) is 57.8 Å². The molecule has 4 rings (SSSR count). The molecule has 1 aromatic carbocycles. The van der Waals surface area contributed by atoms with Crippen LogP contribution in [-0.4, -0.2) is 33.6 Å². The fourth-order valence-corrected chi connectivity index (χ4v) is 3.28. The second-order valence-electron chi connectivity index (χ2n) is 5.79. The van der Waals surface area contributed by atoms with Gasteiger partial charge in [-0.2, -0.15) is 0 Å². The summed E-state index contributed by atoms with van der Waals surface area (Å²) in [5, 5.41) is 9.14. The molecule has 0 bridgehead atoms. The average Bonchev–Trinajstić information content (AvgIpc) is 3.04. The molecule has 2 aromatic heterocycles. The van der Waals surface area contributed by atoms with Crippen LogP contribution in [0.4, 0.5) is 5.82 Å². The van der Waals surface area contributed by atoms with Gasteiger partial charge in [-0.1, -0.05) is 12.1 Å². The van der Waals surface area contributed by atoms with Gasteiger partial charge in [0.05, 0.1) is 22.5 Å². The summed E-state index contributed by atoms with van der Waals surface area (Å²) in [6.07, 6.45) is 3.40. The highest BCUT2D eigenvalue weighted by molar-refractivity contribution is 5.85. The van der Waals surface area contributed by atoms with Gasteiger partial charge >= 0.3 is 5.97 Å². The molecule has 0 spiro atoms. The largest absolute Gasteiger partial charge is 0.481 e. The Morgan fingerprint density at radius 3 is 2.59 bits per heavy atom. The van der Waals surface area contributed by atoms with Crippen LogP contribution in [0.3, 0.4) is 0 Å². The molecule has 1 saturated heterocycles. The van der Waals surface area contributed by atoms with E-state index >= 15 is 0 Å². The number of carboxylic acids is 1. The van der Waals surface area contributed by atoms with Gasteiger partial charge in [0.2, 0.25) is 0 Å². The van der Waals surface area contributed by atoms with Crippen LogP contribution in [0.2, 0.25) is 0 Å². The van der Waals surface area contributed by atoms with Crippen molar-refractivity contribution in [1.82, 2.24) is 9.38 Å². The smallest absolute Gasteiger partial charge is 0.306 e. The van der Waals surface area contributed by atoms with Gasteiger partial charge < -0.3 is 14.4 Å². The van der Waals surface area contributed by atoms with Crippen molar-refractivity contribution in [3.05, 3.63) is 42.6 Å². The molecule has 5 nitrogen and oxygen atoms in total. The number of aliphatic carboxylic acids is 1. The predicted molar refractivity (Wildman–Crippen MR) is 85.3 cm³/mol. The molecule has 0 unspecified atom stereocenters. The molecule has 3 heterocycles. The van der Waals surface area contributed by atoms with E-state index < -0.39 is 5.97 Å². The van der Waals surface area contributed by atoms with E-state index in [-0.39, 0.29) is 5.92 Å². The Bertz CT molecular complexity index is 847. The lowest BCUT2D eigenvalue weighted by Crippen LogP contribution is -2.37. The standard InChI is InChI=1S/C17H17N3O2/c21-17(22)12-7-10-19(11-8-12)16-15-6-3-9-20(15)14-5-2-1-4-13(14)18-16/h1-6,9,12H,7-8,10-11H2,(H,21,22). The summed E-state index contributed by atoms with van der Waals surface area (Å²) < 4.78 is 2.15. The fourth-order valence-electron chi connectivity index (χ4n) is 3.28. The summed E-state index contributed by atoms with van der Waals surface area (Å²) in [6, 6.07) is 12.2. The van der Waals surface area contributed by atoms with E-state index in [4.69, 9.17) is 10.1 Å². The van der Waals surface area contributed by atoms with Crippen LogP contribution in [0.5, 0.6) is 0 Å². The molecule has 0 radical (unpaired) electrons. The molecule has 112 valence electrons. The number of fused-ring (bicyclic) bond motifs is 3. The highest BCUT2D eigenvalue weighted by Crippen LogP contribution is 2.28. The third-order valence-corrected chi connectivity index (χ3v) is 4.49. The molecule has 1 N–H and O–H groups in total. The van der Waals surface area contributed by atoms with Crippen molar-refractivity contribution >= 4 is 28.3 Å². The minimum atomic E-state index is -0.682. The van der Waals surface area contributed by atoms with Crippen molar-refractivity contribution in [3.63, 3.8) is 0 Å². The number of hydrogen-bond acceptors (Lipinski definition) is 3. The van der Waals surface area contributed by atoms with Crippen molar-refractivity contribution in [2.24, 2.45) is 5.92 Å². The van der Waals surface area contributed by atoms with Gasteiger partial charge in [-0.25, -0.2) is 4.98 Å². The fraction of sp³-hybridized carbons (Fsp3) is 0.294. The lowest BCUT2D eigenvalue weighted by atomic mass is 9.97. The van der Waals surface area contributed by atoms with Crippen LogP contribution in [0.15, 0.2) is 42.6 Å². The summed E-state index contributed by atoms with van der Waals surface area (Å²) in [7, 11) is 0. The van der Waals surface area contributed by atoms with Crippen molar-refractivity contribution < 1.29 is 9.90 Å². The predicted octanol–water partition coefficient (Wildman–Crippen LogP) is 2.79. The molecule has 0 saturated carbocycles. The van der Waals surface area contributed by atoms with Crippen molar-refractivity contribution in [3.8, 4) is 0 Å². The zero-order valence-electron chi connectivity index (χ0n) is 12.1. The van der Waals surface area contributed by atoms with E-state index in [9.17, 15) is 4.79 Å². The van der Waals surface area contributed by atoms with Gasteiger partial charge in [-0.3, -0.25) is 4.79 Å². The summed E-state index contributed by atoms with van der Waals surface area (Å²) in [5.41, 5.74) is 3.13. The van der Waals surface area contributed by atoms with Gasteiger partial charge in [0.15, 0.2) is 5.82 Å². The molecule has 1 fully saturated rings. The first-order chi connectivity index (χ1) is 10.7. The van der Waals surface area contributed by atoms with E-state index in [2.05, 4.69) is 21.4 Å². The minimum absolute atomic E-state index is 0.223. The lowest BCUT2D eigenvalue weighted by molar-refractivity contribution is -0.142. The van der Waals surface area contributed by atoms with E-state index in [0.717, 1.165) is 35.5 Å². The second-order valence-corrected chi connectivity index (χ2v) is 5.79. The second kappa shape index (κ2) is 5.02. The van der Waals surface area contributed by atoms with Gasteiger partial charge in [0.25, 0.3) is 0 Å². The first-order valence-corrected chi connectivity index (χ1v) is 7.57. The average molecular weight is 295 g/mol. The van der Waals surface area contributed by atoms with Crippen molar-refractivity contribution in [2.45, 2.75) is 12.8 Å². The first kappa shape index (κ1) is 13.1. The number of para-hydroxylation sites is 2. The Morgan fingerprint density at radius 2 is 1.82 bits per heavy atom. The van der Waals surface area contributed by atoms with Crippen LogP contribution in [0.25, 0.3) is 16.6 Å². The Balaban J connectivity index is 1.78. The van der Waals surface area contributed by atoms with Crippen molar-refractivity contribution in [2.75, 3.05) is 18.0 Å². The number of carbonyl (C=O) groups is 1. The molecule has 3 aromatic rings. The highest BCUT2D eigenvalue weighted by atomic mass is 16.4. The molecule has 0 atom stereocenters. The summed E-state index contributed by atoms with van der Waals surface area (Å²) in [4.78, 5) is 18.1. The number of piperidine rings is 1. The van der Waals surface area contributed by atoms with Crippen LogP contribution in [-0.2, 0) is 4.79 Å². The van der Waals surface area contributed by atoms with Gasteiger partial charge in [0, 0.05) is 19.3 Å². The number of benzene rings is 1. The quantitative estimate of drug-likeness (QED) is 0.790. The third kappa shape index (κ3) is 2.01. The van der Waals surface area contributed by atoms with Crippen LogP contribution in [0, 0.1) is 5.92 Å². The summed E-state index contributed by atoms with van der Waals surface area (Å²) in [5.74, 6) is 0.0472. The summed E-state index contributed by atoms with van der Waals surface area (Å²) >= 11 is 0. The van der Waals surface area contributed by atoms with Crippen LogP contribution < -0.4 is 4.90 Å². The van der Waals surface area contributed by atoms with Gasteiger partial charge in [0.1, 0.15) is 0 Å². The maximum Gasteiger partial charge on any atom is 0.306 e. The number of rotatable bonds is 2. The number of aromatic nitrogens is 2. The molecule has 0 aliphatic carbocycles. The molecular formula is C17H17N3O2. The van der Waals surface area contributed by atoms with Crippen LogP contribution in [0.1, 0.15) is 12.8 Å². The molecule has 22 heavy (non-hydrogen) atoms. The van der Waals surface area contributed by atoms with Crippen molar-refractivity contribution in [1.29, 1.82) is 0 Å². The lowest BCUT2D eigenvalue weighted by Gasteiger charge is -2.31. The van der Waals surface area contributed by atoms with E-state index in [1.165, 1.54) is 0 Å². The molecule has 5 heteroatoms. The minimum Gasteiger partial charge on any atom is -0.481 e. The number of anilines is 1. The normalized spacial score (nSPS) is 16.5. The Hall–Kier alpha value is -2.56. The Labute approximate surface area is 127 Å². The number of hydrogen-bond donors (Lipinski definition) is 1. The number of carboxylic acid groups (broad SMARTS) is 1. The van der Waals surface area contributed by atoms with Gasteiger partial charge in [-0.05, 0) is 37.1 Å². The van der Waals surface area contributed by atoms with E-state index in [1.54, 1.807) is 0 Å². The molecule has 1 aliphatic heterocycles. The monoisotopic (exact) mass is 295 g/mol. The Morgan fingerprint density at radius 1 is 1.09 bits per heavy atom. The zero-order valence-corrected chi connectivity index (χ0v) is 12.1. The SMILES string of the molecule is O=C(O)C1CCN(c2nc3ccccc3n3cccc23)CC1. The molecule has 0 amide bonds. The maximum absolute atomic E-state index is 11.1. The third-order valence-electron chi connectivity index (χ3n) is 4.49. The van der Waals surface area contributed by atoms with E-state index in [1.807, 2.05) is 30.5 Å². The highest BCUT2D eigenvalue weighted by Gasteiger charge is 2.26. The van der Waals surface area contributed by atoms with Crippen LogP contribution >= 0.6 is 0 Å². The molecule has 1 aliphatic rings. The maximum atomic E-state index is 11.1. The number of nitrogens with zero attached hydrogens (tertiary/aromatic N) is 3. The molecular weight excluding hydrogens is 278 g/mol. The summed E-state index contributed by atoms with van der Waals surface area (Å²) in [6.45, 7) is 1.48. The van der Waals surface area contributed by atoms with Gasteiger partial charge in [-0.15, -0.1) is 0 Å². The van der Waals surface area contributed by atoms with E-state index in [0.29, 0.717) is 12.8 Å². The first-order valence-electron chi connectivity index (χ1n) is 7.57. The zero-order chi connectivity index (χ0) is 15.1.